The Morgan fingerprint density at radius 1 is 1.17 bits per heavy atom. The van der Waals surface area contributed by atoms with Gasteiger partial charge in [-0.05, 0) is 32.1 Å². The fraction of sp³-hybridized carbons (Fsp3) is 0.857. The monoisotopic (exact) mass is 348 g/mol. The first kappa shape index (κ1) is 18.2. The van der Waals surface area contributed by atoms with Gasteiger partial charge in [0.15, 0.2) is 6.10 Å². The lowest BCUT2D eigenvalue weighted by molar-refractivity contribution is -0.155. The van der Waals surface area contributed by atoms with Crippen molar-refractivity contribution in [2.45, 2.75) is 57.3 Å². The third kappa shape index (κ3) is 4.89. The molecule has 2 aliphatic heterocycles. The Morgan fingerprint density at radius 3 is 2.30 bits per heavy atom. The maximum absolute atomic E-state index is 12.3. The predicted octanol–water partition coefficient (Wildman–Crippen LogP) is -0.0610. The summed E-state index contributed by atoms with van der Waals surface area (Å²) >= 11 is 0. The van der Waals surface area contributed by atoms with Crippen LogP contribution in [0.1, 0.15) is 39.0 Å². The molecule has 9 heteroatoms. The molecule has 132 valence electrons. The normalized spacial score (nSPS) is 26.4. The SMILES string of the molecule is CCCS(=O)(=O)NC1CCN(C(=O)[C@@H]2CC[C@H](C(=O)O)O2)CC1. The number of sulfonamides is 1. The maximum Gasteiger partial charge on any atom is 0.332 e. The zero-order valence-electron chi connectivity index (χ0n) is 13.2. The maximum atomic E-state index is 12.3. The molecule has 2 rings (SSSR count). The summed E-state index contributed by atoms with van der Waals surface area (Å²) in [5, 5.41) is 8.89. The molecule has 0 saturated carbocycles. The molecule has 0 spiro atoms. The number of carbonyl (C=O) groups excluding carboxylic acids is 1. The van der Waals surface area contributed by atoms with Crippen LogP contribution in [0.25, 0.3) is 0 Å². The molecule has 0 aliphatic carbocycles. The minimum atomic E-state index is -3.24. The van der Waals surface area contributed by atoms with E-state index in [1.54, 1.807) is 4.90 Å². The summed E-state index contributed by atoms with van der Waals surface area (Å²) in [6.07, 6.45) is 0.855. The van der Waals surface area contributed by atoms with Gasteiger partial charge in [0.1, 0.15) is 6.10 Å². The van der Waals surface area contributed by atoms with Gasteiger partial charge in [0.25, 0.3) is 5.91 Å². The van der Waals surface area contributed by atoms with E-state index in [0.29, 0.717) is 45.2 Å². The van der Waals surface area contributed by atoms with Crippen LogP contribution in [-0.4, -0.2) is 67.4 Å². The van der Waals surface area contributed by atoms with E-state index in [1.807, 2.05) is 6.92 Å². The number of amides is 1. The van der Waals surface area contributed by atoms with Crippen molar-refractivity contribution >= 4 is 21.9 Å². The number of nitrogens with one attached hydrogen (secondary N) is 1. The molecule has 2 atom stereocenters. The van der Waals surface area contributed by atoms with Crippen LogP contribution in [0.3, 0.4) is 0 Å². The molecule has 0 aromatic heterocycles. The molecule has 0 bridgehead atoms. The molecule has 2 heterocycles. The van der Waals surface area contributed by atoms with Gasteiger partial charge in [-0.1, -0.05) is 6.92 Å². The highest BCUT2D eigenvalue weighted by atomic mass is 32.2. The highest BCUT2D eigenvalue weighted by Gasteiger charge is 2.37. The lowest BCUT2D eigenvalue weighted by atomic mass is 10.0. The Morgan fingerprint density at radius 2 is 1.78 bits per heavy atom. The lowest BCUT2D eigenvalue weighted by Crippen LogP contribution is -2.49. The summed E-state index contributed by atoms with van der Waals surface area (Å²) < 4.78 is 31.5. The van der Waals surface area contributed by atoms with Crippen molar-refractivity contribution in [3.63, 3.8) is 0 Å². The van der Waals surface area contributed by atoms with Crippen LogP contribution in [0.15, 0.2) is 0 Å². The predicted molar refractivity (Wildman–Crippen MR) is 82.3 cm³/mol. The summed E-state index contributed by atoms with van der Waals surface area (Å²) in [7, 11) is -3.24. The Kier molecular flexibility index (Phi) is 5.99. The molecule has 0 aromatic rings. The van der Waals surface area contributed by atoms with E-state index in [2.05, 4.69) is 4.72 Å². The molecular formula is C14H24N2O6S. The van der Waals surface area contributed by atoms with Crippen molar-refractivity contribution in [3.8, 4) is 0 Å². The molecule has 0 aromatic carbocycles. The number of carbonyl (C=O) groups is 2. The van der Waals surface area contributed by atoms with E-state index in [0.717, 1.165) is 0 Å². The standard InChI is InChI=1S/C14H24N2O6S/c1-2-9-23(20,21)15-10-5-7-16(8-6-10)13(17)11-3-4-12(22-11)14(18)19/h10-12,15H,2-9H2,1H3,(H,18,19)/t11-,12+/m0/s1. The van der Waals surface area contributed by atoms with Crippen LogP contribution in [0, 0.1) is 0 Å². The third-order valence-electron chi connectivity index (χ3n) is 4.20. The summed E-state index contributed by atoms with van der Waals surface area (Å²) in [5.74, 6) is -1.12. The zero-order valence-corrected chi connectivity index (χ0v) is 14.0. The number of aliphatic carboxylic acids is 1. The van der Waals surface area contributed by atoms with Crippen LogP contribution in [0.5, 0.6) is 0 Å². The fourth-order valence-corrected chi connectivity index (χ4v) is 4.40. The van der Waals surface area contributed by atoms with E-state index in [-0.39, 0.29) is 17.7 Å². The minimum Gasteiger partial charge on any atom is -0.479 e. The van der Waals surface area contributed by atoms with Gasteiger partial charge in [-0.25, -0.2) is 17.9 Å². The van der Waals surface area contributed by atoms with Crippen molar-refractivity contribution in [3.05, 3.63) is 0 Å². The van der Waals surface area contributed by atoms with Crippen LogP contribution in [0.4, 0.5) is 0 Å². The summed E-state index contributed by atoms with van der Waals surface area (Å²) in [6, 6.07) is -0.146. The van der Waals surface area contributed by atoms with E-state index in [4.69, 9.17) is 9.84 Å². The highest BCUT2D eigenvalue weighted by Crippen LogP contribution is 2.23. The van der Waals surface area contributed by atoms with Crippen LogP contribution in [0.2, 0.25) is 0 Å². The summed E-state index contributed by atoms with van der Waals surface area (Å²) in [6.45, 7) is 2.72. The average Bonchev–Trinajstić information content (AvgIpc) is 2.96. The zero-order chi connectivity index (χ0) is 17.0. The highest BCUT2D eigenvalue weighted by molar-refractivity contribution is 7.89. The molecule has 1 amide bonds. The van der Waals surface area contributed by atoms with Gasteiger partial charge in [0, 0.05) is 19.1 Å². The second-order valence-electron chi connectivity index (χ2n) is 6.07. The smallest absolute Gasteiger partial charge is 0.332 e. The van der Waals surface area contributed by atoms with Gasteiger partial charge in [-0.15, -0.1) is 0 Å². The average molecular weight is 348 g/mol. The molecule has 2 saturated heterocycles. The van der Waals surface area contributed by atoms with E-state index >= 15 is 0 Å². The minimum absolute atomic E-state index is 0.110. The first-order valence-electron chi connectivity index (χ1n) is 7.99. The van der Waals surface area contributed by atoms with Crippen molar-refractivity contribution in [1.82, 2.24) is 9.62 Å². The van der Waals surface area contributed by atoms with Gasteiger partial charge in [-0.2, -0.15) is 0 Å². The van der Waals surface area contributed by atoms with E-state index < -0.39 is 28.2 Å². The van der Waals surface area contributed by atoms with Gasteiger partial charge in [0.2, 0.25) is 10.0 Å². The molecule has 23 heavy (non-hydrogen) atoms. The molecular weight excluding hydrogens is 324 g/mol. The van der Waals surface area contributed by atoms with Gasteiger partial charge < -0.3 is 14.7 Å². The van der Waals surface area contributed by atoms with Crippen molar-refractivity contribution in [2.24, 2.45) is 0 Å². The number of hydrogen-bond donors (Lipinski definition) is 2. The number of ether oxygens (including phenoxy) is 1. The Bertz CT molecular complexity index is 541. The number of likely N-dealkylation sites (tertiary alicyclic amines) is 1. The number of rotatable bonds is 6. The number of piperidine rings is 1. The van der Waals surface area contributed by atoms with E-state index in [1.165, 1.54) is 0 Å². The number of carboxylic acids is 1. The van der Waals surface area contributed by atoms with Crippen LogP contribution in [-0.2, 0) is 24.3 Å². The summed E-state index contributed by atoms with van der Waals surface area (Å²) in [5.41, 5.74) is 0. The second-order valence-corrected chi connectivity index (χ2v) is 7.94. The number of nitrogens with zero attached hydrogens (tertiary/aromatic N) is 1. The first-order chi connectivity index (χ1) is 10.8. The van der Waals surface area contributed by atoms with Gasteiger partial charge in [-0.3, -0.25) is 4.79 Å². The number of carboxylic acid groups (broad SMARTS) is 1. The molecule has 2 N–H and O–H groups in total. The summed E-state index contributed by atoms with van der Waals surface area (Å²) in [4.78, 5) is 24.8. The molecule has 2 aliphatic rings. The third-order valence-corrected chi connectivity index (χ3v) is 5.83. The van der Waals surface area contributed by atoms with E-state index in [9.17, 15) is 18.0 Å². The van der Waals surface area contributed by atoms with Crippen molar-refractivity contribution in [1.29, 1.82) is 0 Å². The van der Waals surface area contributed by atoms with Crippen LogP contribution < -0.4 is 4.72 Å². The Labute approximate surface area is 136 Å². The first-order valence-corrected chi connectivity index (χ1v) is 9.64. The molecule has 0 radical (unpaired) electrons. The molecule has 2 fully saturated rings. The fourth-order valence-electron chi connectivity index (χ4n) is 3.00. The van der Waals surface area contributed by atoms with Crippen molar-refractivity contribution < 1.29 is 27.9 Å². The molecule has 0 unspecified atom stereocenters. The quantitative estimate of drug-likeness (QED) is 0.695. The lowest BCUT2D eigenvalue weighted by Gasteiger charge is -2.33. The number of hydrogen-bond acceptors (Lipinski definition) is 5. The Hall–Kier alpha value is -1.19. The second kappa shape index (κ2) is 7.59. The largest absolute Gasteiger partial charge is 0.479 e. The topological polar surface area (TPSA) is 113 Å². The van der Waals surface area contributed by atoms with Gasteiger partial charge >= 0.3 is 5.97 Å². The molecule has 8 nitrogen and oxygen atoms in total. The van der Waals surface area contributed by atoms with Crippen LogP contribution >= 0.6 is 0 Å². The van der Waals surface area contributed by atoms with Crippen molar-refractivity contribution in [2.75, 3.05) is 18.8 Å². The van der Waals surface area contributed by atoms with Gasteiger partial charge in [0.05, 0.1) is 5.75 Å². The Balaban J connectivity index is 1.80.